The van der Waals surface area contributed by atoms with Gasteiger partial charge in [0.2, 0.25) is 5.91 Å². The lowest BCUT2D eigenvalue weighted by Gasteiger charge is -2.16. The van der Waals surface area contributed by atoms with Crippen molar-refractivity contribution in [3.05, 3.63) is 88.3 Å². The van der Waals surface area contributed by atoms with E-state index in [-0.39, 0.29) is 24.1 Å². The van der Waals surface area contributed by atoms with Crippen molar-refractivity contribution in [2.24, 2.45) is 0 Å². The molecule has 0 spiro atoms. The van der Waals surface area contributed by atoms with Gasteiger partial charge < -0.3 is 5.32 Å². The van der Waals surface area contributed by atoms with Crippen LogP contribution >= 0.6 is 0 Å². The topological polar surface area (TPSA) is 64.0 Å². The van der Waals surface area contributed by atoms with E-state index in [9.17, 15) is 9.59 Å². The minimum atomic E-state index is -0.224. The predicted octanol–water partition coefficient (Wildman–Crippen LogP) is 3.36. The highest BCUT2D eigenvalue weighted by Crippen LogP contribution is 2.15. The summed E-state index contributed by atoms with van der Waals surface area (Å²) in [5, 5.41) is 2.99. The number of nitrogens with one attached hydrogen (secondary N) is 1. The first kappa shape index (κ1) is 19.5. The average molecular weight is 375 g/mol. The van der Waals surface area contributed by atoms with Gasteiger partial charge >= 0.3 is 0 Å². The van der Waals surface area contributed by atoms with E-state index in [0.29, 0.717) is 11.5 Å². The predicted molar refractivity (Wildman–Crippen MR) is 111 cm³/mol. The number of carbonyl (C=O) groups excluding carboxylic acids is 1. The summed E-state index contributed by atoms with van der Waals surface area (Å²) >= 11 is 0. The van der Waals surface area contributed by atoms with Crippen molar-refractivity contribution in [1.29, 1.82) is 0 Å². The molecule has 5 heteroatoms. The Hall–Kier alpha value is -3.21. The first-order valence-corrected chi connectivity index (χ1v) is 9.50. The Bertz CT molecular complexity index is 982. The van der Waals surface area contributed by atoms with E-state index < -0.39 is 0 Å². The lowest BCUT2D eigenvalue weighted by atomic mass is 10.1. The fraction of sp³-hybridized carbons (Fsp3) is 0.261. The minimum absolute atomic E-state index is 0.0157. The number of nitrogens with zero attached hydrogens (tertiary/aromatic N) is 2. The molecule has 1 atom stereocenters. The van der Waals surface area contributed by atoms with Gasteiger partial charge in [0.1, 0.15) is 12.4 Å². The molecule has 0 unspecified atom stereocenters. The van der Waals surface area contributed by atoms with Gasteiger partial charge in [0.25, 0.3) is 5.56 Å². The molecule has 0 saturated heterocycles. The summed E-state index contributed by atoms with van der Waals surface area (Å²) in [6.45, 7) is 3.71. The molecule has 28 heavy (non-hydrogen) atoms. The van der Waals surface area contributed by atoms with Gasteiger partial charge in [0, 0.05) is 23.4 Å². The molecule has 1 N–H and O–H groups in total. The molecule has 0 aliphatic carbocycles. The van der Waals surface area contributed by atoms with Crippen molar-refractivity contribution in [2.45, 2.75) is 39.3 Å². The van der Waals surface area contributed by atoms with Crippen LogP contribution in [0.3, 0.4) is 0 Å². The third-order valence-corrected chi connectivity index (χ3v) is 4.59. The van der Waals surface area contributed by atoms with Crippen molar-refractivity contribution < 1.29 is 4.79 Å². The molecule has 1 amide bonds. The van der Waals surface area contributed by atoms with E-state index in [4.69, 9.17) is 0 Å². The molecule has 0 fully saturated rings. The van der Waals surface area contributed by atoms with Gasteiger partial charge in [0.05, 0.1) is 0 Å². The monoisotopic (exact) mass is 375 g/mol. The fourth-order valence-corrected chi connectivity index (χ4v) is 3.15. The molecule has 1 aromatic heterocycles. The molecule has 0 aliphatic heterocycles. The summed E-state index contributed by atoms with van der Waals surface area (Å²) in [5.41, 5.74) is 2.47. The van der Waals surface area contributed by atoms with Gasteiger partial charge in [-0.15, -0.1) is 0 Å². The maximum absolute atomic E-state index is 12.6. The van der Waals surface area contributed by atoms with Crippen molar-refractivity contribution in [3.63, 3.8) is 0 Å². The fourth-order valence-electron chi connectivity index (χ4n) is 3.15. The Labute approximate surface area is 165 Å². The largest absolute Gasteiger partial charge is 0.352 e. The lowest BCUT2D eigenvalue weighted by Crippen LogP contribution is -2.38. The molecule has 144 valence electrons. The van der Waals surface area contributed by atoms with Crippen LogP contribution in [-0.2, 0) is 17.8 Å². The van der Waals surface area contributed by atoms with Gasteiger partial charge in [-0.3, -0.25) is 14.2 Å². The van der Waals surface area contributed by atoms with E-state index in [0.717, 1.165) is 18.4 Å². The van der Waals surface area contributed by atoms with Crippen LogP contribution in [-0.4, -0.2) is 21.5 Å². The van der Waals surface area contributed by atoms with Crippen LogP contribution in [0, 0.1) is 6.92 Å². The SMILES string of the molecule is Cc1cc(=O)n(CC(=O)N[C@H](C)CCc2ccccc2)c(-c2ccccc2)n1. The standard InChI is InChI=1S/C23H25N3O2/c1-17(13-14-19-9-5-3-6-10-19)24-21(27)16-26-22(28)15-18(2)25-23(26)20-11-7-4-8-12-20/h3-12,15,17H,13-14,16H2,1-2H3,(H,24,27)/t17-/m1/s1. The van der Waals surface area contributed by atoms with Crippen molar-refractivity contribution in [1.82, 2.24) is 14.9 Å². The summed E-state index contributed by atoms with van der Waals surface area (Å²) in [7, 11) is 0. The average Bonchev–Trinajstić information content (AvgIpc) is 2.69. The summed E-state index contributed by atoms with van der Waals surface area (Å²) in [5.74, 6) is 0.322. The molecular formula is C23H25N3O2. The summed E-state index contributed by atoms with van der Waals surface area (Å²) in [6.07, 6.45) is 1.73. The van der Waals surface area contributed by atoms with Crippen LogP contribution in [0.4, 0.5) is 0 Å². The molecule has 2 aromatic carbocycles. The van der Waals surface area contributed by atoms with Gasteiger partial charge in [-0.2, -0.15) is 0 Å². The lowest BCUT2D eigenvalue weighted by molar-refractivity contribution is -0.122. The molecule has 3 rings (SSSR count). The maximum atomic E-state index is 12.6. The Balaban J connectivity index is 1.69. The van der Waals surface area contributed by atoms with Crippen LogP contribution in [0.25, 0.3) is 11.4 Å². The van der Waals surface area contributed by atoms with Crippen molar-refractivity contribution in [2.75, 3.05) is 0 Å². The number of carbonyl (C=O) groups is 1. The van der Waals surface area contributed by atoms with E-state index in [2.05, 4.69) is 22.4 Å². The first-order valence-electron chi connectivity index (χ1n) is 9.50. The van der Waals surface area contributed by atoms with Crippen LogP contribution in [0.1, 0.15) is 24.6 Å². The van der Waals surface area contributed by atoms with Crippen LogP contribution in [0.5, 0.6) is 0 Å². The number of rotatable bonds is 7. The third kappa shape index (κ3) is 5.16. The molecule has 0 bridgehead atoms. The van der Waals surface area contributed by atoms with Crippen molar-refractivity contribution in [3.8, 4) is 11.4 Å². The van der Waals surface area contributed by atoms with Crippen molar-refractivity contribution >= 4 is 5.91 Å². The molecule has 0 radical (unpaired) electrons. The van der Waals surface area contributed by atoms with E-state index in [1.807, 2.05) is 55.5 Å². The highest BCUT2D eigenvalue weighted by atomic mass is 16.2. The highest BCUT2D eigenvalue weighted by Gasteiger charge is 2.14. The van der Waals surface area contributed by atoms with Gasteiger partial charge in [0.15, 0.2) is 0 Å². The number of aryl methyl sites for hydroxylation is 2. The molecule has 3 aromatic rings. The van der Waals surface area contributed by atoms with E-state index >= 15 is 0 Å². The zero-order valence-corrected chi connectivity index (χ0v) is 16.3. The molecule has 0 aliphatic rings. The normalized spacial score (nSPS) is 11.8. The zero-order chi connectivity index (χ0) is 19.9. The van der Waals surface area contributed by atoms with Gasteiger partial charge in [-0.1, -0.05) is 60.7 Å². The number of aromatic nitrogens is 2. The molecule has 0 saturated carbocycles. The number of benzene rings is 2. The van der Waals surface area contributed by atoms with Crippen LogP contribution in [0.15, 0.2) is 71.5 Å². The summed E-state index contributed by atoms with van der Waals surface area (Å²) < 4.78 is 1.43. The Kier molecular flexibility index (Phi) is 6.37. The quantitative estimate of drug-likeness (QED) is 0.689. The molecule has 1 heterocycles. The Morgan fingerprint density at radius 3 is 2.39 bits per heavy atom. The minimum Gasteiger partial charge on any atom is -0.352 e. The van der Waals surface area contributed by atoms with Gasteiger partial charge in [-0.05, 0) is 32.3 Å². The second kappa shape index (κ2) is 9.13. The molecule has 5 nitrogen and oxygen atoms in total. The van der Waals surface area contributed by atoms with E-state index in [1.54, 1.807) is 6.92 Å². The van der Waals surface area contributed by atoms with Crippen LogP contribution < -0.4 is 10.9 Å². The maximum Gasteiger partial charge on any atom is 0.254 e. The highest BCUT2D eigenvalue weighted by molar-refractivity contribution is 5.76. The molecular weight excluding hydrogens is 350 g/mol. The number of amides is 1. The Morgan fingerprint density at radius 2 is 1.71 bits per heavy atom. The smallest absolute Gasteiger partial charge is 0.254 e. The van der Waals surface area contributed by atoms with E-state index in [1.165, 1.54) is 16.2 Å². The second-order valence-electron chi connectivity index (χ2n) is 7.00. The first-order chi connectivity index (χ1) is 13.5. The number of hydrogen-bond donors (Lipinski definition) is 1. The Morgan fingerprint density at radius 1 is 1.07 bits per heavy atom. The third-order valence-electron chi connectivity index (χ3n) is 4.59. The second-order valence-corrected chi connectivity index (χ2v) is 7.00. The van der Waals surface area contributed by atoms with Gasteiger partial charge in [-0.25, -0.2) is 4.98 Å². The summed E-state index contributed by atoms with van der Waals surface area (Å²) in [4.78, 5) is 29.6. The summed E-state index contributed by atoms with van der Waals surface area (Å²) in [6, 6.07) is 21.1. The van der Waals surface area contributed by atoms with Crippen LogP contribution in [0.2, 0.25) is 0 Å². The number of hydrogen-bond acceptors (Lipinski definition) is 3. The zero-order valence-electron chi connectivity index (χ0n) is 16.3.